The molecule has 0 radical (unpaired) electrons. The number of ketones is 1. The summed E-state index contributed by atoms with van der Waals surface area (Å²) in [6.07, 6.45) is 0.631. The van der Waals surface area contributed by atoms with Crippen molar-refractivity contribution in [2.75, 3.05) is 6.61 Å². The van der Waals surface area contributed by atoms with E-state index in [4.69, 9.17) is 16.3 Å². The number of Topliss-reactive ketones (excluding diaryl/α,β-unsaturated/α-hetero) is 1. The number of carbonyl (C=O) groups excluding carboxylic acids is 4. The minimum Gasteiger partial charge on any atom is -0.456 e. The molecular weight excluding hydrogens is 440 g/mol. The molecule has 1 heterocycles. The van der Waals surface area contributed by atoms with Crippen LogP contribution in [-0.2, 0) is 20.9 Å². The molecule has 0 unspecified atom stereocenters. The van der Waals surface area contributed by atoms with Crippen LogP contribution in [0.3, 0.4) is 0 Å². The Balaban J connectivity index is 1.97. The number of carbonyl (C=O) groups is 4. The van der Waals surface area contributed by atoms with Crippen LogP contribution in [0, 0.1) is 5.92 Å². The maximum absolute atomic E-state index is 12.6. The monoisotopic (exact) mass is 464 g/mol. The Hall–Kier alpha value is -2.71. The first-order chi connectivity index (χ1) is 14.7. The van der Waals surface area contributed by atoms with Gasteiger partial charge in [0, 0.05) is 22.4 Å². The highest BCUT2D eigenvalue weighted by molar-refractivity contribution is 7.14. The first-order valence-electron chi connectivity index (χ1n) is 9.80. The van der Waals surface area contributed by atoms with Crippen molar-refractivity contribution in [1.82, 2.24) is 10.6 Å². The van der Waals surface area contributed by atoms with Crippen molar-refractivity contribution < 1.29 is 23.9 Å². The smallest absolute Gasteiger partial charge is 0.329 e. The second-order valence-electron chi connectivity index (χ2n) is 7.05. The van der Waals surface area contributed by atoms with Crippen LogP contribution in [0.15, 0.2) is 36.4 Å². The molecule has 2 atom stereocenters. The number of amides is 2. The number of hydrogen-bond donors (Lipinski definition) is 2. The van der Waals surface area contributed by atoms with E-state index in [1.54, 1.807) is 36.4 Å². The molecule has 2 aromatic rings. The van der Waals surface area contributed by atoms with Gasteiger partial charge in [0.25, 0.3) is 5.91 Å². The fourth-order valence-electron chi connectivity index (χ4n) is 2.63. The molecule has 9 heteroatoms. The maximum atomic E-state index is 12.6. The molecule has 0 fully saturated rings. The van der Waals surface area contributed by atoms with E-state index in [-0.39, 0.29) is 17.6 Å². The summed E-state index contributed by atoms with van der Waals surface area (Å²) in [5.41, 5.74) is 0.367. The number of benzene rings is 1. The standard InChI is InChI=1S/C22H25ClN2O5S/c1-4-13(2)20(25-21(28)15-5-7-16(23)8-6-15)22(29)30-12-18(27)19-10-9-17(31-19)11-24-14(3)26/h5-10,13,20H,4,11-12H2,1-3H3,(H,24,26)(H,25,28)/t13-,20-/m0/s1. The van der Waals surface area contributed by atoms with Gasteiger partial charge in [0.05, 0.1) is 11.4 Å². The third-order valence-corrected chi connectivity index (χ3v) is 6.03. The van der Waals surface area contributed by atoms with Gasteiger partial charge in [-0.3, -0.25) is 14.4 Å². The average Bonchev–Trinajstić information content (AvgIpc) is 3.23. The van der Waals surface area contributed by atoms with Crippen LogP contribution in [-0.4, -0.2) is 36.2 Å². The largest absolute Gasteiger partial charge is 0.456 e. The molecule has 166 valence electrons. The lowest BCUT2D eigenvalue weighted by atomic mass is 9.98. The Morgan fingerprint density at radius 2 is 1.77 bits per heavy atom. The molecule has 0 aliphatic rings. The van der Waals surface area contributed by atoms with E-state index in [1.807, 2.05) is 13.8 Å². The Bertz CT molecular complexity index is 942. The van der Waals surface area contributed by atoms with E-state index in [1.165, 1.54) is 18.3 Å². The first kappa shape index (κ1) is 24.6. The van der Waals surface area contributed by atoms with Gasteiger partial charge in [-0.25, -0.2) is 4.79 Å². The normalized spacial score (nSPS) is 12.5. The second kappa shape index (κ2) is 11.6. The van der Waals surface area contributed by atoms with Crippen molar-refractivity contribution in [2.24, 2.45) is 5.92 Å². The summed E-state index contributed by atoms with van der Waals surface area (Å²) in [6, 6.07) is 8.79. The molecule has 31 heavy (non-hydrogen) atoms. The van der Waals surface area contributed by atoms with Crippen molar-refractivity contribution in [3.8, 4) is 0 Å². The van der Waals surface area contributed by atoms with Crippen LogP contribution < -0.4 is 10.6 Å². The van der Waals surface area contributed by atoms with Gasteiger partial charge >= 0.3 is 5.97 Å². The molecule has 7 nitrogen and oxygen atoms in total. The minimum absolute atomic E-state index is 0.160. The fraction of sp³-hybridized carbons (Fsp3) is 0.364. The third-order valence-electron chi connectivity index (χ3n) is 4.65. The predicted molar refractivity (Wildman–Crippen MR) is 119 cm³/mol. The Labute approximate surface area is 190 Å². The van der Waals surface area contributed by atoms with Gasteiger partial charge < -0.3 is 15.4 Å². The topological polar surface area (TPSA) is 102 Å². The summed E-state index contributed by atoms with van der Waals surface area (Å²) in [5.74, 6) is -1.79. The van der Waals surface area contributed by atoms with E-state index in [9.17, 15) is 19.2 Å². The Morgan fingerprint density at radius 1 is 1.10 bits per heavy atom. The van der Waals surface area contributed by atoms with E-state index < -0.39 is 24.5 Å². The van der Waals surface area contributed by atoms with Crippen LogP contribution in [0.4, 0.5) is 0 Å². The number of hydrogen-bond acceptors (Lipinski definition) is 6. The molecule has 0 aliphatic carbocycles. The number of thiophene rings is 1. The zero-order valence-corrected chi connectivity index (χ0v) is 19.1. The predicted octanol–water partition coefficient (Wildman–Crippen LogP) is 3.61. The summed E-state index contributed by atoms with van der Waals surface area (Å²) >= 11 is 7.07. The quantitative estimate of drug-likeness (QED) is 0.413. The highest BCUT2D eigenvalue weighted by atomic mass is 35.5. The highest BCUT2D eigenvalue weighted by Crippen LogP contribution is 2.18. The van der Waals surface area contributed by atoms with Crippen LogP contribution in [0.2, 0.25) is 5.02 Å². The van der Waals surface area contributed by atoms with Crippen molar-refractivity contribution in [3.05, 3.63) is 56.7 Å². The van der Waals surface area contributed by atoms with Crippen LogP contribution in [0.1, 0.15) is 52.1 Å². The first-order valence-corrected chi connectivity index (χ1v) is 11.0. The van der Waals surface area contributed by atoms with Crippen molar-refractivity contribution in [1.29, 1.82) is 0 Å². The summed E-state index contributed by atoms with van der Waals surface area (Å²) in [4.78, 5) is 49.8. The molecule has 0 saturated carbocycles. The molecule has 2 rings (SSSR count). The van der Waals surface area contributed by atoms with Crippen molar-refractivity contribution >= 4 is 46.5 Å². The highest BCUT2D eigenvalue weighted by Gasteiger charge is 2.28. The molecule has 1 aromatic heterocycles. The SMILES string of the molecule is CC[C@H](C)[C@H](NC(=O)c1ccc(Cl)cc1)C(=O)OCC(=O)c1ccc(CNC(C)=O)s1. The molecule has 0 saturated heterocycles. The van der Waals surface area contributed by atoms with Crippen LogP contribution >= 0.6 is 22.9 Å². The number of ether oxygens (including phenoxy) is 1. The summed E-state index contributed by atoms with van der Waals surface area (Å²) in [7, 11) is 0. The molecule has 2 N–H and O–H groups in total. The maximum Gasteiger partial charge on any atom is 0.329 e. The van der Waals surface area contributed by atoms with Crippen LogP contribution in [0.5, 0.6) is 0 Å². The fourth-order valence-corrected chi connectivity index (χ4v) is 3.62. The Morgan fingerprint density at radius 3 is 2.39 bits per heavy atom. The molecule has 2 amide bonds. The third kappa shape index (κ3) is 7.48. The lowest BCUT2D eigenvalue weighted by molar-refractivity contribution is -0.146. The van der Waals surface area contributed by atoms with Gasteiger partial charge in [-0.1, -0.05) is 31.9 Å². The van der Waals surface area contributed by atoms with Crippen molar-refractivity contribution in [2.45, 2.75) is 39.8 Å². The molecule has 1 aromatic carbocycles. The number of esters is 1. The van der Waals surface area contributed by atoms with E-state index in [0.29, 0.717) is 28.4 Å². The molecule has 0 bridgehead atoms. The van der Waals surface area contributed by atoms with Gasteiger partial charge in [0.15, 0.2) is 6.61 Å². The van der Waals surface area contributed by atoms with Gasteiger partial charge in [-0.05, 0) is 42.3 Å². The Kier molecular flexibility index (Phi) is 9.21. The van der Waals surface area contributed by atoms with Gasteiger partial charge in [0.2, 0.25) is 11.7 Å². The number of nitrogens with one attached hydrogen (secondary N) is 2. The van der Waals surface area contributed by atoms with E-state index in [2.05, 4.69) is 10.6 Å². The zero-order valence-electron chi connectivity index (χ0n) is 17.6. The summed E-state index contributed by atoms with van der Waals surface area (Å²) in [5, 5.41) is 5.85. The lowest BCUT2D eigenvalue weighted by Gasteiger charge is -2.22. The number of rotatable bonds is 10. The zero-order chi connectivity index (χ0) is 23.0. The lowest BCUT2D eigenvalue weighted by Crippen LogP contribution is -2.46. The minimum atomic E-state index is -0.889. The second-order valence-corrected chi connectivity index (χ2v) is 8.65. The summed E-state index contributed by atoms with van der Waals surface area (Å²) < 4.78 is 5.22. The molecular formula is C22H25ClN2O5S. The van der Waals surface area contributed by atoms with Crippen molar-refractivity contribution in [3.63, 3.8) is 0 Å². The molecule has 0 aliphatic heterocycles. The van der Waals surface area contributed by atoms with E-state index in [0.717, 1.165) is 4.88 Å². The van der Waals surface area contributed by atoms with E-state index >= 15 is 0 Å². The molecule has 0 spiro atoms. The van der Waals surface area contributed by atoms with Gasteiger partial charge in [0.1, 0.15) is 6.04 Å². The number of halogens is 1. The van der Waals surface area contributed by atoms with Crippen LogP contribution in [0.25, 0.3) is 0 Å². The summed E-state index contributed by atoms with van der Waals surface area (Å²) in [6.45, 7) is 5.04. The average molecular weight is 465 g/mol. The van der Waals surface area contributed by atoms with Gasteiger partial charge in [-0.15, -0.1) is 11.3 Å². The van der Waals surface area contributed by atoms with Gasteiger partial charge in [-0.2, -0.15) is 0 Å².